The summed E-state index contributed by atoms with van der Waals surface area (Å²) < 4.78 is 4.03. The Morgan fingerprint density at radius 1 is 1.69 bits per heavy atom. The summed E-state index contributed by atoms with van der Waals surface area (Å²) in [6.45, 7) is 4.51. The second-order valence-electron chi connectivity index (χ2n) is 3.07. The molecule has 0 radical (unpaired) electrons. The van der Waals surface area contributed by atoms with Crippen LogP contribution < -0.4 is 4.90 Å². The van der Waals surface area contributed by atoms with E-state index in [0.29, 0.717) is 0 Å². The molecule has 1 unspecified atom stereocenters. The van der Waals surface area contributed by atoms with E-state index >= 15 is 0 Å². The van der Waals surface area contributed by atoms with E-state index in [-0.39, 0.29) is 0 Å². The minimum Gasteiger partial charge on any atom is -0.345 e. The lowest BCUT2D eigenvalue weighted by molar-refractivity contribution is 0.726. The third-order valence-corrected chi connectivity index (χ3v) is 4.31. The van der Waals surface area contributed by atoms with Gasteiger partial charge < -0.3 is 4.90 Å². The highest BCUT2D eigenvalue weighted by Gasteiger charge is 2.20. The molecular formula is C8H13N3S2. The van der Waals surface area contributed by atoms with Crippen molar-refractivity contribution in [3.63, 3.8) is 0 Å². The van der Waals surface area contributed by atoms with Crippen molar-refractivity contribution >= 4 is 28.4 Å². The molecule has 1 aromatic heterocycles. The molecule has 0 spiro atoms. The summed E-state index contributed by atoms with van der Waals surface area (Å²) in [5.41, 5.74) is 0. The van der Waals surface area contributed by atoms with Crippen molar-refractivity contribution < 1.29 is 0 Å². The fraction of sp³-hybridized carbons (Fsp3) is 0.750. The van der Waals surface area contributed by atoms with Crippen molar-refractivity contribution in [2.75, 3.05) is 23.7 Å². The summed E-state index contributed by atoms with van der Waals surface area (Å²) >= 11 is 3.58. The zero-order valence-corrected chi connectivity index (χ0v) is 9.27. The molecule has 1 aliphatic heterocycles. The Bertz CT molecular complexity index is 250. The molecule has 13 heavy (non-hydrogen) atoms. The number of aromatic nitrogens is 2. The predicted molar refractivity (Wildman–Crippen MR) is 58.7 cm³/mol. The molecule has 1 saturated heterocycles. The molecule has 2 heterocycles. The summed E-state index contributed by atoms with van der Waals surface area (Å²) in [6.07, 6.45) is 2.89. The molecule has 1 atom stereocenters. The second kappa shape index (κ2) is 4.28. The van der Waals surface area contributed by atoms with Crippen molar-refractivity contribution in [1.82, 2.24) is 9.36 Å². The van der Waals surface area contributed by atoms with Gasteiger partial charge in [-0.3, -0.25) is 0 Å². The lowest BCUT2D eigenvalue weighted by Gasteiger charge is -2.31. The maximum Gasteiger partial charge on any atom is 0.204 e. The molecule has 0 N–H and O–H groups in total. The van der Waals surface area contributed by atoms with Crippen molar-refractivity contribution in [3.05, 3.63) is 6.33 Å². The maximum atomic E-state index is 4.23. The number of nitrogens with zero attached hydrogens (tertiary/aromatic N) is 3. The van der Waals surface area contributed by atoms with Gasteiger partial charge in [0.25, 0.3) is 0 Å². The summed E-state index contributed by atoms with van der Waals surface area (Å²) in [4.78, 5) is 6.58. The number of thioether (sulfide) groups is 1. The highest BCUT2D eigenvalue weighted by molar-refractivity contribution is 8.00. The molecule has 3 nitrogen and oxygen atoms in total. The highest BCUT2D eigenvalue weighted by atomic mass is 32.2. The minimum absolute atomic E-state index is 0.776. The van der Waals surface area contributed by atoms with E-state index in [1.807, 2.05) is 0 Å². The normalized spacial score (nSPS) is 23.5. The van der Waals surface area contributed by atoms with E-state index in [2.05, 4.69) is 32.9 Å². The Labute approximate surface area is 86.7 Å². The molecule has 0 bridgehead atoms. The number of hydrogen-bond donors (Lipinski definition) is 0. The van der Waals surface area contributed by atoms with Gasteiger partial charge in [0.2, 0.25) is 5.13 Å². The Balaban J connectivity index is 2.00. The van der Waals surface area contributed by atoms with Gasteiger partial charge in [-0.15, -0.1) is 0 Å². The van der Waals surface area contributed by atoms with Crippen molar-refractivity contribution in [1.29, 1.82) is 0 Å². The smallest absolute Gasteiger partial charge is 0.204 e. The predicted octanol–water partition coefficient (Wildman–Crippen LogP) is 1.87. The van der Waals surface area contributed by atoms with Crippen LogP contribution in [0.3, 0.4) is 0 Å². The Kier molecular flexibility index (Phi) is 3.05. The average Bonchev–Trinajstić information content (AvgIpc) is 2.71. The first-order valence-electron chi connectivity index (χ1n) is 4.53. The zero-order chi connectivity index (χ0) is 9.10. The van der Waals surface area contributed by atoms with Gasteiger partial charge in [0.15, 0.2) is 0 Å². The van der Waals surface area contributed by atoms with Crippen LogP contribution in [0.25, 0.3) is 0 Å². The van der Waals surface area contributed by atoms with Crippen molar-refractivity contribution in [2.45, 2.75) is 18.6 Å². The quantitative estimate of drug-likeness (QED) is 0.753. The molecule has 72 valence electrons. The molecular weight excluding hydrogens is 202 g/mol. The largest absolute Gasteiger partial charge is 0.345 e. The zero-order valence-electron chi connectivity index (χ0n) is 7.64. The molecule has 5 heteroatoms. The van der Waals surface area contributed by atoms with Crippen LogP contribution in [-0.2, 0) is 0 Å². The van der Waals surface area contributed by atoms with Crippen molar-refractivity contribution in [3.8, 4) is 0 Å². The summed E-state index contributed by atoms with van der Waals surface area (Å²) in [5.74, 6) is 1.22. The molecule has 1 aliphatic rings. The van der Waals surface area contributed by atoms with E-state index in [1.54, 1.807) is 6.33 Å². The van der Waals surface area contributed by atoms with Gasteiger partial charge in [-0.25, -0.2) is 4.98 Å². The van der Waals surface area contributed by atoms with Crippen LogP contribution in [0.15, 0.2) is 6.33 Å². The van der Waals surface area contributed by atoms with Crippen LogP contribution in [0.1, 0.15) is 13.3 Å². The summed E-state index contributed by atoms with van der Waals surface area (Å²) in [7, 11) is 0. The van der Waals surface area contributed by atoms with Crippen molar-refractivity contribution in [2.24, 2.45) is 0 Å². The van der Waals surface area contributed by atoms with Gasteiger partial charge in [-0.1, -0.05) is 6.92 Å². The monoisotopic (exact) mass is 215 g/mol. The Hall–Kier alpha value is -0.290. The first-order chi connectivity index (χ1) is 6.40. The Morgan fingerprint density at radius 3 is 3.31 bits per heavy atom. The number of hydrogen-bond acceptors (Lipinski definition) is 5. The minimum atomic E-state index is 0.776. The standard InChI is InChI=1S/C8H13N3S2/c1-2-7-5-11(3-4-12-7)8-9-6-10-13-8/h6-7H,2-5H2,1H3. The van der Waals surface area contributed by atoms with Crippen LogP contribution in [-0.4, -0.2) is 33.4 Å². The van der Waals surface area contributed by atoms with E-state index in [4.69, 9.17) is 0 Å². The van der Waals surface area contributed by atoms with Crippen LogP contribution in [0.4, 0.5) is 5.13 Å². The van der Waals surface area contributed by atoms with Gasteiger partial charge >= 0.3 is 0 Å². The summed E-state index contributed by atoms with van der Waals surface area (Å²) in [6, 6.07) is 0. The van der Waals surface area contributed by atoms with Crippen LogP contribution in [0, 0.1) is 0 Å². The van der Waals surface area contributed by atoms with E-state index < -0.39 is 0 Å². The van der Waals surface area contributed by atoms with Crippen LogP contribution >= 0.6 is 23.3 Å². The van der Waals surface area contributed by atoms with Crippen LogP contribution in [0.5, 0.6) is 0 Å². The van der Waals surface area contributed by atoms with Crippen LogP contribution in [0.2, 0.25) is 0 Å². The molecule has 0 saturated carbocycles. The highest BCUT2D eigenvalue weighted by Crippen LogP contribution is 2.25. The van der Waals surface area contributed by atoms with Gasteiger partial charge in [-0.05, 0) is 6.42 Å². The first-order valence-corrected chi connectivity index (χ1v) is 6.35. The molecule has 2 rings (SSSR count). The van der Waals surface area contributed by atoms with Gasteiger partial charge in [0.1, 0.15) is 6.33 Å². The topological polar surface area (TPSA) is 29.0 Å². The lowest BCUT2D eigenvalue weighted by atomic mass is 10.3. The van der Waals surface area contributed by atoms with Gasteiger partial charge in [0.05, 0.1) is 0 Å². The molecule has 0 amide bonds. The second-order valence-corrected chi connectivity index (χ2v) is 5.24. The molecule has 0 aromatic carbocycles. The fourth-order valence-corrected chi connectivity index (χ4v) is 3.19. The lowest BCUT2D eigenvalue weighted by Crippen LogP contribution is -2.37. The summed E-state index contributed by atoms with van der Waals surface area (Å²) in [5, 5.41) is 1.86. The molecule has 0 aliphatic carbocycles. The van der Waals surface area contributed by atoms with E-state index in [0.717, 1.165) is 23.5 Å². The maximum absolute atomic E-state index is 4.23. The number of rotatable bonds is 2. The Morgan fingerprint density at radius 2 is 2.62 bits per heavy atom. The first kappa shape index (κ1) is 9.27. The SMILES string of the molecule is CCC1CN(c2ncns2)CCS1. The average molecular weight is 215 g/mol. The third kappa shape index (κ3) is 2.14. The van der Waals surface area contributed by atoms with E-state index in [1.165, 1.54) is 23.7 Å². The van der Waals surface area contributed by atoms with Gasteiger partial charge in [-0.2, -0.15) is 16.1 Å². The third-order valence-electron chi connectivity index (χ3n) is 2.21. The number of anilines is 1. The fourth-order valence-electron chi connectivity index (χ4n) is 1.45. The molecule has 1 fully saturated rings. The van der Waals surface area contributed by atoms with Gasteiger partial charge in [0, 0.05) is 35.6 Å². The van der Waals surface area contributed by atoms with E-state index in [9.17, 15) is 0 Å². The molecule has 1 aromatic rings.